The highest BCUT2D eigenvalue weighted by atomic mass is 32.1. The topological polar surface area (TPSA) is 51.6 Å². The Labute approximate surface area is 253 Å². The molecule has 0 unspecified atom stereocenters. The average Bonchev–Trinajstić information content (AvgIpc) is 3.46. The van der Waals surface area contributed by atoms with Crippen molar-refractivity contribution in [3.05, 3.63) is 121 Å². The Hall–Kier alpha value is -5.00. The highest BCUT2D eigenvalue weighted by Crippen LogP contribution is 2.40. The van der Waals surface area contributed by atoms with E-state index in [-0.39, 0.29) is 0 Å². The van der Waals surface area contributed by atoms with Gasteiger partial charge in [-0.3, -0.25) is 9.97 Å². The number of fused-ring (bicyclic) bond motifs is 6. The van der Waals surface area contributed by atoms with Crippen LogP contribution in [0.25, 0.3) is 75.9 Å². The van der Waals surface area contributed by atoms with E-state index in [9.17, 15) is 0 Å². The molecule has 5 heteroatoms. The van der Waals surface area contributed by atoms with Gasteiger partial charge in [-0.1, -0.05) is 98.8 Å². The van der Waals surface area contributed by atoms with Crippen LogP contribution in [0.15, 0.2) is 109 Å². The van der Waals surface area contributed by atoms with Crippen molar-refractivity contribution in [2.45, 2.75) is 26.7 Å². The lowest BCUT2D eigenvalue weighted by Gasteiger charge is -2.13. The largest absolute Gasteiger partial charge is 0.251 e. The smallest absolute Gasteiger partial charge is 0.160 e. The van der Waals surface area contributed by atoms with Crippen molar-refractivity contribution in [1.82, 2.24) is 19.9 Å². The van der Waals surface area contributed by atoms with Gasteiger partial charge in [-0.05, 0) is 48.2 Å². The molecule has 0 aliphatic heterocycles. The minimum Gasteiger partial charge on any atom is -0.251 e. The van der Waals surface area contributed by atoms with Crippen LogP contribution in [-0.2, 0) is 12.8 Å². The van der Waals surface area contributed by atoms with E-state index in [2.05, 4.69) is 117 Å². The number of aromatic nitrogens is 4. The second-order valence-corrected chi connectivity index (χ2v) is 11.9. The van der Waals surface area contributed by atoms with E-state index in [0.717, 1.165) is 95.4 Å². The predicted molar refractivity (Wildman–Crippen MR) is 181 cm³/mol. The maximum absolute atomic E-state index is 5.20. The Morgan fingerprint density at radius 3 is 2.14 bits per heavy atom. The molecule has 0 saturated heterocycles. The molecule has 4 heterocycles. The van der Waals surface area contributed by atoms with Gasteiger partial charge in [0.1, 0.15) is 0 Å². The van der Waals surface area contributed by atoms with Crippen LogP contribution in [0.1, 0.15) is 25.2 Å². The first-order valence-electron chi connectivity index (χ1n) is 14.8. The first-order valence-corrected chi connectivity index (χ1v) is 15.6. The molecular formula is C38H28N4S. The van der Waals surface area contributed by atoms with Gasteiger partial charge >= 0.3 is 0 Å². The number of hydrogen-bond acceptors (Lipinski definition) is 5. The summed E-state index contributed by atoms with van der Waals surface area (Å²) in [6.07, 6.45) is 1.74. The summed E-state index contributed by atoms with van der Waals surface area (Å²) in [5, 5.41) is 3.38. The Kier molecular flexibility index (Phi) is 6.20. The van der Waals surface area contributed by atoms with Crippen molar-refractivity contribution in [3.63, 3.8) is 0 Å². The van der Waals surface area contributed by atoms with E-state index in [4.69, 9.17) is 19.9 Å². The molecule has 0 saturated carbocycles. The molecule has 0 spiro atoms. The zero-order valence-corrected chi connectivity index (χ0v) is 24.8. The number of rotatable bonds is 5. The second kappa shape index (κ2) is 10.4. The van der Waals surface area contributed by atoms with Crippen molar-refractivity contribution in [2.75, 3.05) is 0 Å². The van der Waals surface area contributed by atoms with Crippen molar-refractivity contribution in [1.29, 1.82) is 0 Å². The molecular weight excluding hydrogens is 545 g/mol. The lowest BCUT2D eigenvalue weighted by molar-refractivity contribution is 1.05. The van der Waals surface area contributed by atoms with Crippen LogP contribution in [-0.4, -0.2) is 19.9 Å². The fraction of sp³-hybridized carbons (Fsp3) is 0.105. The maximum atomic E-state index is 5.20. The highest BCUT2D eigenvalue weighted by Gasteiger charge is 2.18. The van der Waals surface area contributed by atoms with Gasteiger partial charge in [-0.15, -0.1) is 11.3 Å². The molecule has 0 fully saturated rings. The van der Waals surface area contributed by atoms with Crippen LogP contribution in [0.4, 0.5) is 0 Å². The van der Waals surface area contributed by atoms with Crippen LogP contribution in [0, 0.1) is 0 Å². The van der Waals surface area contributed by atoms with Crippen molar-refractivity contribution in [2.24, 2.45) is 0 Å². The van der Waals surface area contributed by atoms with Gasteiger partial charge in [0.25, 0.3) is 0 Å². The van der Waals surface area contributed by atoms with Crippen LogP contribution in [0.3, 0.4) is 0 Å². The van der Waals surface area contributed by atoms with Gasteiger partial charge in [0.05, 0.1) is 26.9 Å². The summed E-state index contributed by atoms with van der Waals surface area (Å²) >= 11 is 1.76. The molecule has 4 aromatic heterocycles. The van der Waals surface area contributed by atoms with E-state index in [1.54, 1.807) is 11.3 Å². The molecule has 0 aliphatic rings. The minimum absolute atomic E-state index is 0.727. The van der Waals surface area contributed by atoms with Crippen molar-refractivity contribution in [3.8, 4) is 33.8 Å². The molecule has 206 valence electrons. The molecule has 8 rings (SSSR count). The summed E-state index contributed by atoms with van der Waals surface area (Å²) in [5.41, 5.74) is 10.4. The normalized spacial score (nSPS) is 11.7. The molecule has 8 aromatic rings. The van der Waals surface area contributed by atoms with Crippen molar-refractivity contribution >= 4 is 53.4 Å². The quantitative estimate of drug-likeness (QED) is 0.193. The first-order chi connectivity index (χ1) is 21.2. The Morgan fingerprint density at radius 1 is 0.535 bits per heavy atom. The standard InChI is InChI=1S/C38H28N4S/c1-3-27-19-17-24-18-20-29-31(22-28(4-2)40-35(29)33(24)39-27)25-13-10-14-26(21-25)38-41-34(23-11-6-5-7-12-23)37-36(42-38)30-15-8-9-16-32(30)43-37/h5-22H,3-4H2,1-2H3. The molecule has 43 heavy (non-hydrogen) atoms. The zero-order chi connectivity index (χ0) is 28.9. The number of benzene rings is 4. The van der Waals surface area contributed by atoms with Crippen molar-refractivity contribution < 1.29 is 0 Å². The summed E-state index contributed by atoms with van der Waals surface area (Å²) in [6.45, 7) is 4.30. The first kappa shape index (κ1) is 25.7. The number of aryl methyl sites for hydroxylation is 2. The van der Waals surface area contributed by atoms with E-state index < -0.39 is 0 Å². The number of thiophene rings is 1. The average molecular weight is 573 g/mol. The Morgan fingerprint density at radius 2 is 1.28 bits per heavy atom. The Balaban J connectivity index is 1.36. The summed E-state index contributed by atoms with van der Waals surface area (Å²) < 4.78 is 2.34. The van der Waals surface area contributed by atoms with E-state index >= 15 is 0 Å². The van der Waals surface area contributed by atoms with Gasteiger partial charge < -0.3 is 0 Å². The molecule has 4 nitrogen and oxygen atoms in total. The fourth-order valence-electron chi connectivity index (χ4n) is 5.92. The summed E-state index contributed by atoms with van der Waals surface area (Å²) in [5.74, 6) is 0.727. The van der Waals surface area contributed by atoms with Gasteiger partial charge in [-0.25, -0.2) is 9.97 Å². The SMILES string of the molecule is CCc1ccc2ccc3c(-c4cccc(-c5nc(-c6ccccc6)c6sc7ccccc7c6n5)c4)cc(CC)nc3c2n1. The summed E-state index contributed by atoms with van der Waals surface area (Å²) in [4.78, 5) is 20.5. The van der Waals surface area contributed by atoms with Crippen LogP contribution < -0.4 is 0 Å². The molecule has 0 radical (unpaired) electrons. The van der Waals surface area contributed by atoms with Gasteiger partial charge in [0.15, 0.2) is 5.82 Å². The highest BCUT2D eigenvalue weighted by molar-refractivity contribution is 7.26. The monoisotopic (exact) mass is 572 g/mol. The van der Waals surface area contributed by atoms with E-state index in [1.165, 1.54) is 4.70 Å². The number of hydrogen-bond donors (Lipinski definition) is 0. The molecule has 0 amide bonds. The van der Waals surface area contributed by atoms with E-state index in [1.807, 2.05) is 6.07 Å². The summed E-state index contributed by atoms with van der Waals surface area (Å²) in [6, 6.07) is 38.4. The van der Waals surface area contributed by atoms with E-state index in [0.29, 0.717) is 0 Å². The number of pyridine rings is 2. The fourth-order valence-corrected chi connectivity index (χ4v) is 7.07. The van der Waals surface area contributed by atoms with Gasteiger partial charge in [0.2, 0.25) is 0 Å². The van der Waals surface area contributed by atoms with Crippen LogP contribution in [0.2, 0.25) is 0 Å². The molecule has 0 N–H and O–H groups in total. The lowest BCUT2D eigenvalue weighted by Crippen LogP contribution is -1.96. The number of nitrogens with zero attached hydrogens (tertiary/aromatic N) is 4. The molecule has 0 aliphatic carbocycles. The molecule has 4 aromatic carbocycles. The Bertz CT molecular complexity index is 2320. The van der Waals surface area contributed by atoms with Crippen LogP contribution in [0.5, 0.6) is 0 Å². The second-order valence-electron chi connectivity index (χ2n) is 10.8. The third-order valence-electron chi connectivity index (χ3n) is 8.17. The van der Waals surface area contributed by atoms with Crippen LogP contribution >= 0.6 is 11.3 Å². The minimum atomic E-state index is 0.727. The van der Waals surface area contributed by atoms with Gasteiger partial charge in [-0.2, -0.15) is 0 Å². The molecule has 0 bridgehead atoms. The van der Waals surface area contributed by atoms with Gasteiger partial charge in [0, 0.05) is 43.4 Å². The molecule has 0 atom stereocenters. The summed E-state index contributed by atoms with van der Waals surface area (Å²) in [7, 11) is 0. The predicted octanol–water partition coefficient (Wildman–Crippen LogP) is 10.1. The third kappa shape index (κ3) is 4.36. The maximum Gasteiger partial charge on any atom is 0.160 e. The lowest BCUT2D eigenvalue weighted by atomic mass is 9.96. The zero-order valence-electron chi connectivity index (χ0n) is 24.0. The third-order valence-corrected chi connectivity index (χ3v) is 9.34.